The van der Waals surface area contributed by atoms with Gasteiger partial charge in [-0.05, 0) is 37.8 Å². The van der Waals surface area contributed by atoms with Gasteiger partial charge in [0.2, 0.25) is 0 Å². The standard InChI is InChI=1S/C14H13ClN2O/c1-8-5-6-9(7-11(8)15)13-16-12-4-2-3-10(12)14(18)17-13/h5-7H,2-4H2,1H3,(H,16,17,18). The molecular weight excluding hydrogens is 248 g/mol. The fourth-order valence-corrected chi connectivity index (χ4v) is 2.50. The molecule has 0 fully saturated rings. The van der Waals surface area contributed by atoms with Crippen LogP contribution in [0.1, 0.15) is 23.2 Å². The minimum Gasteiger partial charge on any atom is -0.306 e. The van der Waals surface area contributed by atoms with E-state index in [0.717, 1.165) is 41.6 Å². The number of aromatic nitrogens is 2. The van der Waals surface area contributed by atoms with Crippen LogP contribution < -0.4 is 5.56 Å². The van der Waals surface area contributed by atoms with Crippen LogP contribution in [0, 0.1) is 6.92 Å². The number of nitrogens with one attached hydrogen (secondary N) is 1. The molecule has 3 nitrogen and oxygen atoms in total. The van der Waals surface area contributed by atoms with Crippen molar-refractivity contribution in [2.75, 3.05) is 0 Å². The molecule has 1 N–H and O–H groups in total. The first-order chi connectivity index (χ1) is 8.65. The van der Waals surface area contributed by atoms with E-state index >= 15 is 0 Å². The van der Waals surface area contributed by atoms with Crippen LogP contribution in [-0.4, -0.2) is 9.97 Å². The van der Waals surface area contributed by atoms with Gasteiger partial charge in [0.15, 0.2) is 0 Å². The van der Waals surface area contributed by atoms with Crippen molar-refractivity contribution in [1.82, 2.24) is 9.97 Å². The van der Waals surface area contributed by atoms with E-state index in [1.54, 1.807) is 0 Å². The van der Waals surface area contributed by atoms with Crippen LogP contribution in [0.5, 0.6) is 0 Å². The first kappa shape index (κ1) is 11.5. The second kappa shape index (κ2) is 4.25. The molecule has 92 valence electrons. The number of aromatic amines is 1. The minimum absolute atomic E-state index is 0.0100. The lowest BCUT2D eigenvalue weighted by molar-refractivity contribution is 0.899. The molecule has 0 atom stereocenters. The number of fused-ring (bicyclic) bond motifs is 1. The smallest absolute Gasteiger partial charge is 0.254 e. The molecular formula is C14H13ClN2O. The zero-order chi connectivity index (χ0) is 12.7. The number of aryl methyl sites for hydroxylation is 2. The van der Waals surface area contributed by atoms with Crippen LogP contribution in [0.25, 0.3) is 11.4 Å². The van der Waals surface area contributed by atoms with E-state index in [4.69, 9.17) is 11.6 Å². The van der Waals surface area contributed by atoms with Crippen molar-refractivity contribution >= 4 is 11.6 Å². The van der Waals surface area contributed by atoms with Crippen LogP contribution in [0.4, 0.5) is 0 Å². The predicted molar refractivity (Wildman–Crippen MR) is 72.1 cm³/mol. The molecule has 18 heavy (non-hydrogen) atoms. The third-order valence-electron chi connectivity index (χ3n) is 3.39. The number of hydrogen-bond donors (Lipinski definition) is 1. The van der Waals surface area contributed by atoms with E-state index in [9.17, 15) is 4.79 Å². The summed E-state index contributed by atoms with van der Waals surface area (Å²) in [6.07, 6.45) is 2.75. The molecule has 1 aliphatic carbocycles. The first-order valence-electron chi connectivity index (χ1n) is 6.04. The van der Waals surface area contributed by atoms with Crippen LogP contribution >= 0.6 is 11.6 Å². The Kier molecular flexibility index (Phi) is 2.71. The number of halogens is 1. The summed E-state index contributed by atoms with van der Waals surface area (Å²) in [4.78, 5) is 19.3. The van der Waals surface area contributed by atoms with Gasteiger partial charge in [0.1, 0.15) is 5.82 Å². The van der Waals surface area contributed by atoms with Crippen molar-refractivity contribution in [3.8, 4) is 11.4 Å². The second-order valence-corrected chi connectivity index (χ2v) is 5.06. The van der Waals surface area contributed by atoms with Gasteiger partial charge in [0.25, 0.3) is 5.56 Å². The van der Waals surface area contributed by atoms with Crippen molar-refractivity contribution < 1.29 is 0 Å². The highest BCUT2D eigenvalue weighted by Gasteiger charge is 2.17. The lowest BCUT2D eigenvalue weighted by Gasteiger charge is -2.05. The molecule has 1 aromatic heterocycles. The largest absolute Gasteiger partial charge is 0.306 e. The monoisotopic (exact) mass is 260 g/mol. The number of benzene rings is 1. The Morgan fingerprint density at radius 2 is 2.17 bits per heavy atom. The highest BCUT2D eigenvalue weighted by atomic mass is 35.5. The molecule has 0 saturated carbocycles. The maximum absolute atomic E-state index is 11.9. The fourth-order valence-electron chi connectivity index (χ4n) is 2.32. The van der Waals surface area contributed by atoms with Crippen molar-refractivity contribution in [3.63, 3.8) is 0 Å². The maximum atomic E-state index is 11.9. The number of nitrogens with zero attached hydrogens (tertiary/aromatic N) is 1. The summed E-state index contributed by atoms with van der Waals surface area (Å²) in [5.41, 5.74) is 3.65. The summed E-state index contributed by atoms with van der Waals surface area (Å²) >= 11 is 6.10. The summed E-state index contributed by atoms with van der Waals surface area (Å²) in [6, 6.07) is 5.71. The van der Waals surface area contributed by atoms with E-state index in [2.05, 4.69) is 9.97 Å². The Bertz CT molecular complexity index is 676. The molecule has 1 aliphatic rings. The van der Waals surface area contributed by atoms with E-state index in [0.29, 0.717) is 10.8 Å². The third-order valence-corrected chi connectivity index (χ3v) is 3.79. The summed E-state index contributed by atoms with van der Waals surface area (Å²) < 4.78 is 0. The highest BCUT2D eigenvalue weighted by Crippen LogP contribution is 2.24. The first-order valence-corrected chi connectivity index (χ1v) is 6.41. The number of rotatable bonds is 1. The van der Waals surface area contributed by atoms with E-state index in [-0.39, 0.29) is 5.56 Å². The van der Waals surface area contributed by atoms with Crippen molar-refractivity contribution in [2.45, 2.75) is 26.2 Å². The van der Waals surface area contributed by atoms with Gasteiger partial charge in [0.05, 0.1) is 5.69 Å². The third kappa shape index (κ3) is 1.85. The molecule has 0 amide bonds. The van der Waals surface area contributed by atoms with Crippen LogP contribution in [0.2, 0.25) is 5.02 Å². The normalized spacial score (nSPS) is 13.7. The summed E-state index contributed by atoms with van der Waals surface area (Å²) in [5, 5.41) is 0.690. The molecule has 3 rings (SSSR count). The Balaban J connectivity index is 2.15. The van der Waals surface area contributed by atoms with E-state index in [1.165, 1.54) is 0 Å². The predicted octanol–water partition coefficient (Wildman–Crippen LogP) is 2.89. The molecule has 0 aliphatic heterocycles. The van der Waals surface area contributed by atoms with Crippen molar-refractivity contribution in [3.05, 3.63) is 50.4 Å². The summed E-state index contributed by atoms with van der Waals surface area (Å²) in [7, 11) is 0. The Hall–Kier alpha value is -1.61. The Morgan fingerprint density at radius 1 is 1.33 bits per heavy atom. The van der Waals surface area contributed by atoms with E-state index in [1.807, 2.05) is 25.1 Å². The van der Waals surface area contributed by atoms with E-state index < -0.39 is 0 Å². The average Bonchev–Trinajstić information content (AvgIpc) is 2.81. The van der Waals surface area contributed by atoms with Gasteiger partial charge in [0, 0.05) is 16.1 Å². The number of hydrogen-bond acceptors (Lipinski definition) is 2. The lowest BCUT2D eigenvalue weighted by Crippen LogP contribution is -2.15. The highest BCUT2D eigenvalue weighted by molar-refractivity contribution is 6.31. The van der Waals surface area contributed by atoms with Gasteiger partial charge in [-0.2, -0.15) is 0 Å². The second-order valence-electron chi connectivity index (χ2n) is 4.66. The Morgan fingerprint density at radius 3 is 2.94 bits per heavy atom. The van der Waals surface area contributed by atoms with Crippen LogP contribution in [0.3, 0.4) is 0 Å². The summed E-state index contributed by atoms with van der Waals surface area (Å²) in [5.74, 6) is 0.613. The van der Waals surface area contributed by atoms with Gasteiger partial charge in [-0.15, -0.1) is 0 Å². The lowest BCUT2D eigenvalue weighted by atomic mass is 10.1. The van der Waals surface area contributed by atoms with Crippen LogP contribution in [0.15, 0.2) is 23.0 Å². The average molecular weight is 261 g/mol. The zero-order valence-corrected chi connectivity index (χ0v) is 10.8. The zero-order valence-electron chi connectivity index (χ0n) is 10.1. The molecule has 2 aromatic rings. The summed E-state index contributed by atoms with van der Waals surface area (Å²) in [6.45, 7) is 1.95. The van der Waals surface area contributed by atoms with Gasteiger partial charge >= 0.3 is 0 Å². The van der Waals surface area contributed by atoms with Gasteiger partial charge in [-0.25, -0.2) is 4.98 Å². The van der Waals surface area contributed by atoms with Gasteiger partial charge in [-0.1, -0.05) is 23.7 Å². The van der Waals surface area contributed by atoms with Gasteiger partial charge in [-0.3, -0.25) is 4.79 Å². The quantitative estimate of drug-likeness (QED) is 0.857. The molecule has 0 saturated heterocycles. The van der Waals surface area contributed by atoms with Crippen LogP contribution in [-0.2, 0) is 12.8 Å². The molecule has 4 heteroatoms. The molecule has 0 spiro atoms. The maximum Gasteiger partial charge on any atom is 0.254 e. The SMILES string of the molecule is Cc1ccc(-c2nc3c(c(=O)[nH]2)CCC3)cc1Cl. The topological polar surface area (TPSA) is 45.8 Å². The molecule has 0 bridgehead atoms. The van der Waals surface area contributed by atoms with Crippen molar-refractivity contribution in [1.29, 1.82) is 0 Å². The molecule has 1 heterocycles. The number of H-pyrrole nitrogens is 1. The fraction of sp³-hybridized carbons (Fsp3) is 0.286. The molecule has 0 unspecified atom stereocenters. The molecule has 1 aromatic carbocycles. The Labute approximate surface area is 110 Å². The minimum atomic E-state index is -0.0100. The molecule has 0 radical (unpaired) electrons. The van der Waals surface area contributed by atoms with Crippen molar-refractivity contribution in [2.24, 2.45) is 0 Å². The van der Waals surface area contributed by atoms with Gasteiger partial charge < -0.3 is 4.98 Å².